The van der Waals surface area contributed by atoms with E-state index in [0.717, 1.165) is 0 Å². The van der Waals surface area contributed by atoms with Gasteiger partial charge in [-0.3, -0.25) is 9.54 Å². The molecule has 1 aromatic rings. The van der Waals surface area contributed by atoms with Gasteiger partial charge in [0.1, 0.15) is 5.75 Å². The van der Waals surface area contributed by atoms with Gasteiger partial charge in [-0.1, -0.05) is 0 Å². The second-order valence-electron chi connectivity index (χ2n) is 2.08. The molecule has 0 amide bonds. The Morgan fingerprint density at radius 1 is 1.42 bits per heavy atom. The van der Waals surface area contributed by atoms with Crippen molar-refractivity contribution in [3.8, 4) is 0 Å². The number of nitrogens with zero attached hydrogens (tertiary/aromatic N) is 1. The van der Waals surface area contributed by atoms with E-state index in [2.05, 4.69) is 4.98 Å². The first kappa shape index (κ1) is 12.7. The summed E-state index contributed by atoms with van der Waals surface area (Å²) in [5.74, 6) is -0.352. The van der Waals surface area contributed by atoms with E-state index in [4.69, 9.17) is 4.55 Å². The van der Waals surface area contributed by atoms with E-state index >= 15 is 0 Å². The van der Waals surface area contributed by atoms with Crippen LogP contribution in [0.4, 0.5) is 0 Å². The standard InChI is InChI=1S/C6H7NO3S.K.H/c8-11(9,10)5-6-1-3-7-4-2-6;;/h1-4H,5H2,(H,8,9,10);;/q;+1;-1. The first-order valence-corrected chi connectivity index (χ1v) is 4.53. The van der Waals surface area contributed by atoms with Gasteiger partial charge in [-0.2, -0.15) is 8.42 Å². The normalized spacial score (nSPS) is 10.4. The van der Waals surface area contributed by atoms with Gasteiger partial charge < -0.3 is 1.43 Å². The number of aromatic nitrogens is 1. The second-order valence-corrected chi connectivity index (χ2v) is 3.53. The van der Waals surface area contributed by atoms with E-state index in [9.17, 15) is 8.42 Å². The first-order chi connectivity index (χ1) is 5.08. The summed E-state index contributed by atoms with van der Waals surface area (Å²) >= 11 is 0. The minimum Gasteiger partial charge on any atom is -1.00 e. The van der Waals surface area contributed by atoms with Crippen molar-refractivity contribution in [3.63, 3.8) is 0 Å². The molecule has 0 atom stereocenters. The van der Waals surface area contributed by atoms with Crippen LogP contribution in [0.25, 0.3) is 0 Å². The summed E-state index contributed by atoms with van der Waals surface area (Å²) in [6, 6.07) is 3.07. The van der Waals surface area contributed by atoms with E-state index in [1.165, 1.54) is 24.5 Å². The van der Waals surface area contributed by atoms with Crippen LogP contribution in [0.1, 0.15) is 6.99 Å². The maximum absolute atomic E-state index is 10.3. The van der Waals surface area contributed by atoms with Crippen LogP contribution in [0, 0.1) is 0 Å². The maximum Gasteiger partial charge on any atom is 1.00 e. The largest absolute Gasteiger partial charge is 1.00 e. The molecule has 62 valence electrons. The van der Waals surface area contributed by atoms with Gasteiger partial charge >= 0.3 is 51.4 Å². The molecule has 1 aromatic heterocycles. The van der Waals surface area contributed by atoms with Gasteiger partial charge in [0.25, 0.3) is 10.1 Å². The molecule has 1 heterocycles. The zero-order valence-corrected chi connectivity index (χ0v) is 10.6. The third kappa shape index (κ3) is 5.36. The van der Waals surface area contributed by atoms with Crippen LogP contribution in [-0.4, -0.2) is 18.0 Å². The van der Waals surface area contributed by atoms with Gasteiger partial charge in [0.15, 0.2) is 0 Å². The number of hydrogen-bond donors (Lipinski definition) is 1. The molecular weight excluding hydrogens is 205 g/mol. The number of hydrogen-bond acceptors (Lipinski definition) is 3. The summed E-state index contributed by atoms with van der Waals surface area (Å²) < 4.78 is 29.1. The van der Waals surface area contributed by atoms with Gasteiger partial charge in [0.05, 0.1) is 0 Å². The zero-order chi connectivity index (χ0) is 8.32. The summed E-state index contributed by atoms with van der Waals surface area (Å²) in [6.45, 7) is 0. The summed E-state index contributed by atoms with van der Waals surface area (Å²) in [5.41, 5.74) is 0.530. The molecule has 0 radical (unpaired) electrons. The molecule has 0 aliphatic heterocycles. The van der Waals surface area contributed by atoms with Crippen molar-refractivity contribution < 1.29 is 65.8 Å². The number of pyridine rings is 1. The zero-order valence-electron chi connectivity index (χ0n) is 7.64. The molecule has 1 rings (SSSR count). The minimum atomic E-state index is -3.90. The van der Waals surface area contributed by atoms with Crippen LogP contribution < -0.4 is 51.4 Å². The Kier molecular flexibility index (Phi) is 5.75. The van der Waals surface area contributed by atoms with Crippen LogP contribution in [-0.2, 0) is 15.9 Å². The summed E-state index contributed by atoms with van der Waals surface area (Å²) in [6.07, 6.45) is 2.95. The van der Waals surface area contributed by atoms with Crippen LogP contribution in [0.3, 0.4) is 0 Å². The van der Waals surface area contributed by atoms with Crippen molar-refractivity contribution in [2.75, 3.05) is 0 Å². The Labute approximate surface area is 115 Å². The third-order valence-electron chi connectivity index (χ3n) is 1.10. The summed E-state index contributed by atoms with van der Waals surface area (Å²) in [4.78, 5) is 3.70. The van der Waals surface area contributed by atoms with Crippen LogP contribution in [0.15, 0.2) is 24.5 Å². The van der Waals surface area contributed by atoms with Crippen molar-refractivity contribution in [2.45, 2.75) is 5.75 Å². The third-order valence-corrected chi connectivity index (χ3v) is 1.80. The Bertz CT molecular complexity index is 329. The Morgan fingerprint density at radius 2 is 1.92 bits per heavy atom. The smallest absolute Gasteiger partial charge is 1.00 e. The molecule has 0 aromatic carbocycles. The predicted octanol–water partition coefficient (Wildman–Crippen LogP) is -2.41. The number of rotatable bonds is 2. The SMILES string of the molecule is O=S(=O)(O)Cc1ccncc1.[H-].[K+]. The molecule has 0 saturated carbocycles. The first-order valence-electron chi connectivity index (χ1n) is 2.92. The van der Waals surface area contributed by atoms with Crippen molar-refractivity contribution in [1.29, 1.82) is 0 Å². The average Bonchev–Trinajstić information content (AvgIpc) is 1.85. The second kappa shape index (κ2) is 5.43. The van der Waals surface area contributed by atoms with Crippen molar-refractivity contribution >= 4 is 10.1 Å². The van der Waals surface area contributed by atoms with Gasteiger partial charge in [-0.25, -0.2) is 0 Å². The van der Waals surface area contributed by atoms with E-state index < -0.39 is 10.1 Å². The molecule has 1 N–H and O–H groups in total. The van der Waals surface area contributed by atoms with Gasteiger partial charge in [0, 0.05) is 12.4 Å². The molecule has 0 bridgehead atoms. The van der Waals surface area contributed by atoms with Crippen molar-refractivity contribution in [1.82, 2.24) is 4.98 Å². The van der Waals surface area contributed by atoms with Crippen LogP contribution in [0.2, 0.25) is 0 Å². The molecule has 6 heteroatoms. The quantitative estimate of drug-likeness (QED) is 0.439. The molecule has 0 fully saturated rings. The molecule has 12 heavy (non-hydrogen) atoms. The van der Waals surface area contributed by atoms with Gasteiger partial charge in [-0.15, -0.1) is 0 Å². The summed E-state index contributed by atoms with van der Waals surface area (Å²) in [7, 11) is -3.90. The fourth-order valence-electron chi connectivity index (χ4n) is 0.690. The minimum absolute atomic E-state index is 0. The fraction of sp³-hybridized carbons (Fsp3) is 0.167. The molecule has 0 aliphatic carbocycles. The molecule has 0 aliphatic rings. The Balaban J connectivity index is 0. The Morgan fingerprint density at radius 3 is 2.33 bits per heavy atom. The van der Waals surface area contributed by atoms with Gasteiger partial charge in [0.2, 0.25) is 0 Å². The monoisotopic (exact) mass is 213 g/mol. The van der Waals surface area contributed by atoms with E-state index in [0.29, 0.717) is 5.56 Å². The van der Waals surface area contributed by atoms with E-state index in [1.54, 1.807) is 0 Å². The Hall–Kier alpha value is 0.696. The maximum atomic E-state index is 10.3. The van der Waals surface area contributed by atoms with Crippen LogP contribution >= 0.6 is 0 Å². The fourth-order valence-corrected chi connectivity index (χ4v) is 1.30. The molecule has 0 saturated heterocycles. The molecule has 0 unspecified atom stereocenters. The van der Waals surface area contributed by atoms with E-state index in [1.807, 2.05) is 0 Å². The van der Waals surface area contributed by atoms with Gasteiger partial charge in [-0.05, 0) is 17.7 Å². The molecule has 4 nitrogen and oxygen atoms in total. The average molecular weight is 213 g/mol. The topological polar surface area (TPSA) is 67.3 Å². The van der Waals surface area contributed by atoms with Crippen LogP contribution in [0.5, 0.6) is 0 Å². The van der Waals surface area contributed by atoms with Crippen molar-refractivity contribution in [2.24, 2.45) is 0 Å². The molecule has 0 spiro atoms. The molecular formula is C6H8KNO3S. The van der Waals surface area contributed by atoms with Crippen molar-refractivity contribution in [3.05, 3.63) is 30.1 Å². The predicted molar refractivity (Wildman–Crippen MR) is 40.6 cm³/mol. The van der Waals surface area contributed by atoms with E-state index in [-0.39, 0.29) is 58.6 Å². The summed E-state index contributed by atoms with van der Waals surface area (Å²) in [5, 5.41) is 0.